The van der Waals surface area contributed by atoms with Crippen molar-refractivity contribution in [3.63, 3.8) is 0 Å². The molecule has 1 N–H and O–H groups in total. The van der Waals surface area contributed by atoms with Crippen LogP contribution in [0.25, 0.3) is 0 Å². The Hall–Kier alpha value is -1.44. The third-order valence-corrected chi connectivity index (χ3v) is 5.35. The molecule has 0 aliphatic heterocycles. The number of Topliss-reactive ketones (excluding diaryl/α,β-unsaturated/α-hetero) is 1. The molecule has 1 aromatic carbocycles. The van der Waals surface area contributed by atoms with E-state index in [0.717, 1.165) is 21.5 Å². The van der Waals surface area contributed by atoms with Crippen molar-refractivity contribution >= 4 is 34.0 Å². The number of aryl methyl sites for hydroxylation is 1. The number of carbonyl (C=O) groups excluding carboxylic acids is 1. The molecule has 0 spiro atoms. The Kier molecular flexibility index (Phi) is 7.01. The van der Waals surface area contributed by atoms with E-state index in [1.807, 2.05) is 31.2 Å². The SMILES string of the molecule is CCc1ccc(C(=O)C(C)Sc2nnc(NCCOC)s2)cc1. The van der Waals surface area contributed by atoms with Crippen molar-refractivity contribution in [2.24, 2.45) is 0 Å². The van der Waals surface area contributed by atoms with Crippen LogP contribution in [0, 0.1) is 0 Å². The van der Waals surface area contributed by atoms with Crippen molar-refractivity contribution < 1.29 is 9.53 Å². The summed E-state index contributed by atoms with van der Waals surface area (Å²) < 4.78 is 5.76. The number of hydrogen-bond donors (Lipinski definition) is 1. The molecule has 0 bridgehead atoms. The number of hydrogen-bond acceptors (Lipinski definition) is 7. The van der Waals surface area contributed by atoms with Crippen LogP contribution in [0.15, 0.2) is 28.6 Å². The van der Waals surface area contributed by atoms with Gasteiger partial charge in [0.2, 0.25) is 5.13 Å². The highest BCUT2D eigenvalue weighted by Crippen LogP contribution is 2.30. The molecule has 0 fully saturated rings. The number of ketones is 1. The molecule has 1 heterocycles. The van der Waals surface area contributed by atoms with E-state index in [9.17, 15) is 4.79 Å². The number of rotatable bonds is 9. The molecule has 0 aliphatic carbocycles. The van der Waals surface area contributed by atoms with Crippen molar-refractivity contribution in [1.29, 1.82) is 0 Å². The van der Waals surface area contributed by atoms with Gasteiger partial charge in [-0.15, -0.1) is 10.2 Å². The zero-order chi connectivity index (χ0) is 16.7. The Bertz CT molecular complexity index is 629. The van der Waals surface area contributed by atoms with Gasteiger partial charge in [-0.25, -0.2) is 0 Å². The zero-order valence-electron chi connectivity index (χ0n) is 13.5. The molecule has 0 aliphatic rings. The minimum atomic E-state index is -0.192. The molecular formula is C16H21N3O2S2. The molecule has 0 saturated heterocycles. The van der Waals surface area contributed by atoms with Crippen LogP contribution in [0.5, 0.6) is 0 Å². The van der Waals surface area contributed by atoms with Crippen LogP contribution in [0.2, 0.25) is 0 Å². The number of aromatic nitrogens is 2. The lowest BCUT2D eigenvalue weighted by Gasteiger charge is -2.08. The molecule has 1 aromatic heterocycles. The van der Waals surface area contributed by atoms with Crippen molar-refractivity contribution in [3.8, 4) is 0 Å². The summed E-state index contributed by atoms with van der Waals surface area (Å²) in [5.41, 5.74) is 1.97. The summed E-state index contributed by atoms with van der Waals surface area (Å²) in [6.45, 7) is 5.31. The van der Waals surface area contributed by atoms with Gasteiger partial charge in [0.15, 0.2) is 10.1 Å². The van der Waals surface area contributed by atoms with Crippen molar-refractivity contribution in [3.05, 3.63) is 35.4 Å². The standard InChI is InChI=1S/C16H21N3O2S2/c1-4-12-5-7-13(8-6-12)14(20)11(2)22-16-19-18-15(23-16)17-9-10-21-3/h5-8,11H,4,9-10H2,1-3H3,(H,17,18). The average molecular weight is 351 g/mol. The normalized spacial score (nSPS) is 12.1. The second-order valence-electron chi connectivity index (χ2n) is 4.97. The molecule has 0 radical (unpaired) electrons. The Morgan fingerprint density at radius 2 is 2.09 bits per heavy atom. The van der Waals surface area contributed by atoms with Crippen molar-refractivity contribution in [1.82, 2.24) is 10.2 Å². The highest BCUT2D eigenvalue weighted by molar-refractivity contribution is 8.02. The summed E-state index contributed by atoms with van der Waals surface area (Å²) in [7, 11) is 1.66. The smallest absolute Gasteiger partial charge is 0.206 e. The van der Waals surface area contributed by atoms with Crippen molar-refractivity contribution in [2.75, 3.05) is 25.6 Å². The Labute approximate surface area is 144 Å². The lowest BCUT2D eigenvalue weighted by molar-refractivity contribution is 0.0994. The van der Waals surface area contributed by atoms with E-state index in [1.165, 1.54) is 28.7 Å². The fourth-order valence-corrected chi connectivity index (χ4v) is 3.93. The highest BCUT2D eigenvalue weighted by Gasteiger charge is 2.18. The number of nitrogens with zero attached hydrogens (tertiary/aromatic N) is 2. The molecule has 124 valence electrons. The molecule has 2 aromatic rings. The topological polar surface area (TPSA) is 64.1 Å². The number of ether oxygens (including phenoxy) is 1. The van der Waals surface area contributed by atoms with E-state index in [1.54, 1.807) is 7.11 Å². The molecule has 0 saturated carbocycles. The van der Waals surface area contributed by atoms with Gasteiger partial charge in [0.1, 0.15) is 0 Å². The van der Waals surface area contributed by atoms with Crippen molar-refractivity contribution in [2.45, 2.75) is 29.9 Å². The second kappa shape index (κ2) is 9.00. The van der Waals surface area contributed by atoms with E-state index >= 15 is 0 Å². The number of thioether (sulfide) groups is 1. The molecule has 1 atom stereocenters. The van der Waals surface area contributed by atoms with Gasteiger partial charge < -0.3 is 10.1 Å². The molecule has 0 amide bonds. The van der Waals surface area contributed by atoms with Crippen LogP contribution in [-0.4, -0.2) is 41.5 Å². The monoisotopic (exact) mass is 351 g/mol. The number of carbonyl (C=O) groups is 1. The number of anilines is 1. The van der Waals surface area contributed by atoms with Gasteiger partial charge in [0, 0.05) is 19.2 Å². The summed E-state index contributed by atoms with van der Waals surface area (Å²) in [5.74, 6) is 0.113. The van der Waals surface area contributed by atoms with Crippen LogP contribution < -0.4 is 5.32 Å². The van der Waals surface area contributed by atoms with E-state index in [2.05, 4.69) is 22.4 Å². The third kappa shape index (κ3) is 5.30. The summed E-state index contributed by atoms with van der Waals surface area (Å²) in [6, 6.07) is 7.81. The predicted molar refractivity (Wildman–Crippen MR) is 95.7 cm³/mol. The summed E-state index contributed by atoms with van der Waals surface area (Å²) in [5, 5.41) is 11.9. The average Bonchev–Trinajstić information content (AvgIpc) is 3.02. The molecule has 1 unspecified atom stereocenters. The van der Waals surface area contributed by atoms with Gasteiger partial charge in [0.25, 0.3) is 0 Å². The van der Waals surface area contributed by atoms with Gasteiger partial charge in [-0.05, 0) is 18.9 Å². The maximum absolute atomic E-state index is 12.5. The molecule has 2 rings (SSSR count). The van der Waals surface area contributed by atoms with Crippen LogP contribution in [-0.2, 0) is 11.2 Å². The summed E-state index contributed by atoms with van der Waals surface area (Å²) in [6.07, 6.45) is 0.975. The van der Waals surface area contributed by atoms with Gasteiger partial charge in [-0.3, -0.25) is 4.79 Å². The summed E-state index contributed by atoms with van der Waals surface area (Å²) in [4.78, 5) is 12.5. The van der Waals surface area contributed by atoms with Gasteiger partial charge in [-0.2, -0.15) is 0 Å². The first-order chi connectivity index (χ1) is 11.1. The zero-order valence-corrected chi connectivity index (χ0v) is 15.2. The maximum Gasteiger partial charge on any atom is 0.206 e. The van der Waals surface area contributed by atoms with E-state index in [-0.39, 0.29) is 11.0 Å². The Balaban J connectivity index is 1.92. The van der Waals surface area contributed by atoms with Crippen LogP contribution in [0.1, 0.15) is 29.8 Å². The van der Waals surface area contributed by atoms with Crippen LogP contribution in [0.3, 0.4) is 0 Å². The number of nitrogens with one attached hydrogen (secondary N) is 1. The molecule has 5 nitrogen and oxygen atoms in total. The first kappa shape index (κ1) is 17.9. The Morgan fingerprint density at radius 1 is 1.35 bits per heavy atom. The largest absolute Gasteiger partial charge is 0.383 e. The maximum atomic E-state index is 12.5. The van der Waals surface area contributed by atoms with E-state index < -0.39 is 0 Å². The minimum Gasteiger partial charge on any atom is -0.383 e. The fraction of sp³-hybridized carbons (Fsp3) is 0.438. The first-order valence-corrected chi connectivity index (χ1v) is 9.19. The number of benzene rings is 1. The number of methoxy groups -OCH3 is 1. The van der Waals surface area contributed by atoms with Gasteiger partial charge in [-0.1, -0.05) is 54.3 Å². The molecule has 7 heteroatoms. The molecular weight excluding hydrogens is 330 g/mol. The van der Waals surface area contributed by atoms with Gasteiger partial charge in [0.05, 0.1) is 11.9 Å². The lowest BCUT2D eigenvalue weighted by atomic mass is 10.1. The lowest BCUT2D eigenvalue weighted by Crippen LogP contribution is -2.13. The minimum absolute atomic E-state index is 0.113. The first-order valence-electron chi connectivity index (χ1n) is 7.50. The predicted octanol–water partition coefficient (Wildman–Crippen LogP) is 3.52. The third-order valence-electron chi connectivity index (χ3n) is 3.28. The van der Waals surface area contributed by atoms with Crippen LogP contribution >= 0.6 is 23.1 Å². The van der Waals surface area contributed by atoms with E-state index in [0.29, 0.717) is 13.2 Å². The van der Waals surface area contributed by atoms with E-state index in [4.69, 9.17) is 4.74 Å². The quantitative estimate of drug-likeness (QED) is 0.424. The Morgan fingerprint density at radius 3 is 2.74 bits per heavy atom. The summed E-state index contributed by atoms with van der Waals surface area (Å²) >= 11 is 2.89. The van der Waals surface area contributed by atoms with Crippen LogP contribution in [0.4, 0.5) is 5.13 Å². The fourth-order valence-electron chi connectivity index (χ4n) is 1.93. The second-order valence-corrected chi connectivity index (χ2v) is 7.53. The van der Waals surface area contributed by atoms with Gasteiger partial charge >= 0.3 is 0 Å². The highest BCUT2D eigenvalue weighted by atomic mass is 32.2. The molecule has 23 heavy (non-hydrogen) atoms.